The van der Waals surface area contributed by atoms with Gasteiger partial charge in [0.05, 0.1) is 0 Å². The Morgan fingerprint density at radius 2 is 2.18 bits per heavy atom. The summed E-state index contributed by atoms with van der Waals surface area (Å²) in [6, 6.07) is 0. The first-order valence-electron chi connectivity index (χ1n) is 3.47. The summed E-state index contributed by atoms with van der Waals surface area (Å²) in [7, 11) is 0. The van der Waals surface area contributed by atoms with Crippen LogP contribution >= 0.6 is 0 Å². The number of oxazole rings is 1. The summed E-state index contributed by atoms with van der Waals surface area (Å²) in [5.74, 6) is 1.55. The van der Waals surface area contributed by atoms with Crippen molar-refractivity contribution < 1.29 is 4.42 Å². The molecule has 2 nitrogen and oxygen atoms in total. The second-order valence-corrected chi connectivity index (χ2v) is 2.27. The van der Waals surface area contributed by atoms with Crippen molar-refractivity contribution in [1.82, 2.24) is 4.98 Å². The Bertz CT molecular complexity index is 284. The average molecular weight is 149 g/mol. The van der Waals surface area contributed by atoms with Crippen molar-refractivity contribution in [3.8, 4) is 0 Å². The Morgan fingerprint density at radius 3 is 2.64 bits per heavy atom. The maximum absolute atomic E-state index is 5.21. The van der Waals surface area contributed by atoms with Crippen molar-refractivity contribution in [3.05, 3.63) is 36.1 Å². The number of aromatic nitrogens is 1. The zero-order chi connectivity index (χ0) is 8.27. The van der Waals surface area contributed by atoms with E-state index in [0.717, 1.165) is 11.5 Å². The van der Waals surface area contributed by atoms with Crippen LogP contribution in [0.1, 0.15) is 17.3 Å². The van der Waals surface area contributed by atoms with Gasteiger partial charge in [0, 0.05) is 6.92 Å². The fraction of sp³-hybridized carbons (Fsp3) is 0.222. The maximum atomic E-state index is 5.21. The standard InChI is InChI=1S/C9H11NO/c1-4-5-6-9-7(2)11-8(3)10-9/h4-6H,1H2,2-3H3/b6-5-. The van der Waals surface area contributed by atoms with E-state index in [1.807, 2.05) is 26.0 Å². The van der Waals surface area contributed by atoms with Crippen molar-refractivity contribution in [2.45, 2.75) is 13.8 Å². The van der Waals surface area contributed by atoms with Gasteiger partial charge in [0.1, 0.15) is 11.5 Å². The molecule has 0 bridgehead atoms. The molecule has 1 aromatic rings. The fourth-order valence-electron chi connectivity index (χ4n) is 0.859. The van der Waals surface area contributed by atoms with E-state index in [4.69, 9.17) is 4.42 Å². The molecule has 1 aromatic heterocycles. The van der Waals surface area contributed by atoms with E-state index in [0.29, 0.717) is 5.89 Å². The zero-order valence-electron chi connectivity index (χ0n) is 6.79. The monoisotopic (exact) mass is 149 g/mol. The van der Waals surface area contributed by atoms with Crippen molar-refractivity contribution in [3.63, 3.8) is 0 Å². The smallest absolute Gasteiger partial charge is 0.191 e. The third-order valence-corrected chi connectivity index (χ3v) is 1.33. The van der Waals surface area contributed by atoms with Gasteiger partial charge in [-0.3, -0.25) is 0 Å². The van der Waals surface area contributed by atoms with Gasteiger partial charge in [-0.15, -0.1) is 0 Å². The molecule has 0 aromatic carbocycles. The zero-order valence-corrected chi connectivity index (χ0v) is 6.79. The molecule has 11 heavy (non-hydrogen) atoms. The fourth-order valence-corrected chi connectivity index (χ4v) is 0.859. The molecule has 0 N–H and O–H groups in total. The second-order valence-electron chi connectivity index (χ2n) is 2.27. The van der Waals surface area contributed by atoms with Crippen LogP contribution in [-0.4, -0.2) is 4.98 Å². The molecule has 1 rings (SSSR count). The van der Waals surface area contributed by atoms with Gasteiger partial charge in [0.2, 0.25) is 0 Å². The molecule has 2 heteroatoms. The lowest BCUT2D eigenvalue weighted by molar-refractivity contribution is 0.494. The highest BCUT2D eigenvalue weighted by Gasteiger charge is 2.00. The van der Waals surface area contributed by atoms with Crippen LogP contribution in [0.4, 0.5) is 0 Å². The van der Waals surface area contributed by atoms with Crippen molar-refractivity contribution in [1.29, 1.82) is 0 Å². The molecule has 0 aliphatic heterocycles. The van der Waals surface area contributed by atoms with Gasteiger partial charge in [0.25, 0.3) is 0 Å². The van der Waals surface area contributed by atoms with Crippen LogP contribution in [0.2, 0.25) is 0 Å². The average Bonchev–Trinajstić information content (AvgIpc) is 2.26. The highest BCUT2D eigenvalue weighted by Crippen LogP contribution is 2.09. The Morgan fingerprint density at radius 1 is 1.45 bits per heavy atom. The van der Waals surface area contributed by atoms with Crippen LogP contribution in [0.3, 0.4) is 0 Å². The molecule has 0 amide bonds. The summed E-state index contributed by atoms with van der Waals surface area (Å²) in [6.07, 6.45) is 5.42. The van der Waals surface area contributed by atoms with E-state index < -0.39 is 0 Å². The van der Waals surface area contributed by atoms with Gasteiger partial charge >= 0.3 is 0 Å². The SMILES string of the molecule is C=C/C=C\c1nc(C)oc1C. The first-order valence-corrected chi connectivity index (χ1v) is 3.47. The molecule has 0 spiro atoms. The van der Waals surface area contributed by atoms with Gasteiger partial charge in [-0.05, 0) is 13.0 Å². The lowest BCUT2D eigenvalue weighted by Gasteiger charge is -1.81. The Hall–Kier alpha value is -1.31. The minimum absolute atomic E-state index is 0.700. The van der Waals surface area contributed by atoms with Crippen LogP contribution in [0.25, 0.3) is 6.08 Å². The van der Waals surface area contributed by atoms with Crippen molar-refractivity contribution in [2.24, 2.45) is 0 Å². The van der Waals surface area contributed by atoms with Crippen molar-refractivity contribution in [2.75, 3.05) is 0 Å². The molecule has 0 unspecified atom stereocenters. The van der Waals surface area contributed by atoms with E-state index in [2.05, 4.69) is 11.6 Å². The Labute approximate surface area is 66.3 Å². The second kappa shape index (κ2) is 3.19. The first-order chi connectivity index (χ1) is 5.24. The number of hydrogen-bond acceptors (Lipinski definition) is 2. The number of rotatable bonds is 2. The summed E-state index contributed by atoms with van der Waals surface area (Å²) >= 11 is 0. The lowest BCUT2D eigenvalue weighted by Crippen LogP contribution is -1.73. The molecular formula is C9H11NO. The number of nitrogens with zero attached hydrogens (tertiary/aromatic N) is 1. The normalized spacial score (nSPS) is 10.7. The summed E-state index contributed by atoms with van der Waals surface area (Å²) < 4.78 is 5.21. The van der Waals surface area contributed by atoms with E-state index in [9.17, 15) is 0 Å². The molecule has 0 saturated heterocycles. The molecule has 0 atom stereocenters. The van der Waals surface area contributed by atoms with E-state index >= 15 is 0 Å². The van der Waals surface area contributed by atoms with Crippen LogP contribution in [-0.2, 0) is 0 Å². The summed E-state index contributed by atoms with van der Waals surface area (Å²) in [5.41, 5.74) is 0.877. The molecule has 58 valence electrons. The van der Waals surface area contributed by atoms with E-state index in [1.54, 1.807) is 6.08 Å². The highest BCUT2D eigenvalue weighted by atomic mass is 16.4. The molecule has 0 saturated carbocycles. The van der Waals surface area contributed by atoms with Crippen molar-refractivity contribution >= 4 is 6.08 Å². The van der Waals surface area contributed by atoms with Gasteiger partial charge in [-0.2, -0.15) is 0 Å². The molecular weight excluding hydrogens is 138 g/mol. The summed E-state index contributed by atoms with van der Waals surface area (Å²) in [5, 5.41) is 0. The first kappa shape index (κ1) is 7.79. The predicted molar refractivity (Wildman–Crippen MR) is 45.2 cm³/mol. The number of allylic oxidation sites excluding steroid dienone is 2. The van der Waals surface area contributed by atoms with Crippen LogP contribution in [0, 0.1) is 13.8 Å². The van der Waals surface area contributed by atoms with Gasteiger partial charge in [-0.1, -0.05) is 18.7 Å². The Kier molecular flexibility index (Phi) is 2.26. The van der Waals surface area contributed by atoms with Crippen LogP contribution in [0.5, 0.6) is 0 Å². The Balaban J connectivity index is 2.93. The molecule has 1 heterocycles. The molecule has 0 aliphatic rings. The third-order valence-electron chi connectivity index (χ3n) is 1.33. The van der Waals surface area contributed by atoms with Gasteiger partial charge in [-0.25, -0.2) is 4.98 Å². The van der Waals surface area contributed by atoms with Crippen LogP contribution < -0.4 is 0 Å². The minimum atomic E-state index is 0.700. The molecule has 0 fully saturated rings. The van der Waals surface area contributed by atoms with E-state index in [-0.39, 0.29) is 0 Å². The lowest BCUT2D eigenvalue weighted by atomic mass is 10.3. The number of hydrogen-bond donors (Lipinski definition) is 0. The third kappa shape index (κ3) is 1.80. The predicted octanol–water partition coefficient (Wildman–Crippen LogP) is 2.49. The van der Waals surface area contributed by atoms with Gasteiger partial charge in [0.15, 0.2) is 5.89 Å². The highest BCUT2D eigenvalue weighted by molar-refractivity contribution is 5.48. The largest absolute Gasteiger partial charge is 0.446 e. The molecule has 0 radical (unpaired) electrons. The quantitative estimate of drug-likeness (QED) is 0.604. The molecule has 0 aliphatic carbocycles. The van der Waals surface area contributed by atoms with Crippen LogP contribution in [0.15, 0.2) is 23.1 Å². The van der Waals surface area contributed by atoms with Gasteiger partial charge < -0.3 is 4.42 Å². The minimum Gasteiger partial charge on any atom is -0.446 e. The summed E-state index contributed by atoms with van der Waals surface area (Å²) in [4.78, 5) is 4.15. The van der Waals surface area contributed by atoms with E-state index in [1.165, 1.54) is 0 Å². The maximum Gasteiger partial charge on any atom is 0.191 e. The number of aryl methyl sites for hydroxylation is 2. The summed E-state index contributed by atoms with van der Waals surface area (Å²) in [6.45, 7) is 7.29. The topological polar surface area (TPSA) is 26.0 Å².